The van der Waals surface area contributed by atoms with Crippen LogP contribution in [0.1, 0.15) is 0 Å². The lowest BCUT2D eigenvalue weighted by atomic mass is 9.93. The molecule has 0 radical (unpaired) electrons. The van der Waals surface area contributed by atoms with Crippen molar-refractivity contribution >= 4 is 119 Å². The minimum absolute atomic E-state index is 1.07. The van der Waals surface area contributed by atoms with E-state index in [0.717, 1.165) is 34.1 Å². The summed E-state index contributed by atoms with van der Waals surface area (Å²) in [6.07, 6.45) is 0. The third kappa shape index (κ3) is 6.18. The zero-order valence-corrected chi connectivity index (χ0v) is 38.4. The van der Waals surface area contributed by atoms with Crippen LogP contribution in [0.25, 0.3) is 96.3 Å². The third-order valence-corrected chi connectivity index (χ3v) is 15.4. The van der Waals surface area contributed by atoms with Crippen molar-refractivity contribution in [2.75, 3.05) is 9.80 Å². The van der Waals surface area contributed by atoms with Gasteiger partial charge in [0.25, 0.3) is 0 Å². The molecular formula is C66H42N2S. The van der Waals surface area contributed by atoms with Crippen LogP contribution in [0.3, 0.4) is 0 Å². The van der Waals surface area contributed by atoms with Crippen LogP contribution < -0.4 is 9.80 Å². The molecule has 0 bridgehead atoms. The minimum Gasteiger partial charge on any atom is -0.308 e. The quantitative estimate of drug-likeness (QED) is 0.174. The average Bonchev–Trinajstić information content (AvgIpc) is 3.75. The van der Waals surface area contributed by atoms with E-state index >= 15 is 0 Å². The van der Waals surface area contributed by atoms with Crippen molar-refractivity contribution in [3.8, 4) is 22.3 Å². The van der Waals surface area contributed by atoms with Gasteiger partial charge in [-0.3, -0.25) is 0 Å². The molecule has 2 heterocycles. The first-order chi connectivity index (χ1) is 34.3. The summed E-state index contributed by atoms with van der Waals surface area (Å²) < 4.78 is 2.61. The molecule has 0 saturated carbocycles. The van der Waals surface area contributed by atoms with Gasteiger partial charge in [-0.05, 0) is 114 Å². The SMILES string of the molecule is c1ccc(N(c2ccc3c(c2)c2ccccc2c2ccccc2c2ccccc2c2c3ccc3c4ccccc4sc32)c2cccc3c2N(c2ccccc2)c2ccccc2-c2ccccc2-3)cc1. The Bertz CT molecular complexity index is 4270. The van der Waals surface area contributed by atoms with Crippen molar-refractivity contribution in [2.45, 2.75) is 0 Å². The summed E-state index contributed by atoms with van der Waals surface area (Å²) in [5, 5.41) is 14.8. The van der Waals surface area contributed by atoms with E-state index < -0.39 is 0 Å². The molecule has 0 atom stereocenters. The van der Waals surface area contributed by atoms with E-state index in [1.54, 1.807) is 0 Å². The molecule has 0 N–H and O–H groups in total. The molecule has 0 fully saturated rings. The fourth-order valence-corrected chi connectivity index (χ4v) is 12.5. The Labute approximate surface area is 404 Å². The van der Waals surface area contributed by atoms with Crippen molar-refractivity contribution in [3.63, 3.8) is 0 Å². The van der Waals surface area contributed by atoms with E-state index in [1.807, 2.05) is 11.3 Å². The Morgan fingerprint density at radius 2 is 0.783 bits per heavy atom. The first-order valence-electron chi connectivity index (χ1n) is 23.7. The van der Waals surface area contributed by atoms with E-state index in [-0.39, 0.29) is 0 Å². The number of para-hydroxylation sites is 4. The van der Waals surface area contributed by atoms with Crippen LogP contribution in [-0.2, 0) is 0 Å². The van der Waals surface area contributed by atoms with Crippen LogP contribution in [0.4, 0.5) is 34.1 Å². The Kier molecular flexibility index (Phi) is 9.11. The van der Waals surface area contributed by atoms with Crippen LogP contribution in [0, 0.1) is 0 Å². The van der Waals surface area contributed by atoms with Crippen LogP contribution >= 0.6 is 11.3 Å². The first-order valence-corrected chi connectivity index (χ1v) is 24.5. The number of fused-ring (bicyclic) bond motifs is 19. The lowest BCUT2D eigenvalue weighted by molar-refractivity contribution is 1.23. The summed E-state index contributed by atoms with van der Waals surface area (Å²) in [6, 6.07) is 94.2. The molecule has 3 heteroatoms. The van der Waals surface area contributed by atoms with E-state index in [2.05, 4.69) is 265 Å². The van der Waals surface area contributed by atoms with Crippen LogP contribution in [-0.4, -0.2) is 0 Å². The van der Waals surface area contributed by atoms with Crippen LogP contribution in [0.15, 0.2) is 255 Å². The molecule has 1 aliphatic heterocycles. The van der Waals surface area contributed by atoms with Gasteiger partial charge in [0.2, 0.25) is 0 Å². The second kappa shape index (κ2) is 16.0. The van der Waals surface area contributed by atoms with Gasteiger partial charge >= 0.3 is 0 Å². The van der Waals surface area contributed by atoms with Gasteiger partial charge in [0.05, 0.1) is 17.1 Å². The maximum atomic E-state index is 2.48. The highest BCUT2D eigenvalue weighted by Crippen LogP contribution is 2.56. The molecule has 1 aromatic heterocycles. The van der Waals surface area contributed by atoms with Crippen molar-refractivity contribution in [1.82, 2.24) is 0 Å². The molecule has 0 amide bonds. The number of hydrogen-bond acceptors (Lipinski definition) is 3. The molecule has 2 nitrogen and oxygen atoms in total. The van der Waals surface area contributed by atoms with E-state index in [4.69, 9.17) is 0 Å². The normalized spacial score (nSPS) is 12.0. The highest BCUT2D eigenvalue weighted by atomic mass is 32.1. The number of thiophene rings is 1. The summed E-state index contributed by atoms with van der Waals surface area (Å²) >= 11 is 1.90. The molecule has 1 aliphatic rings. The molecule has 0 saturated heterocycles. The fourth-order valence-electron chi connectivity index (χ4n) is 11.2. The molecule has 0 unspecified atom stereocenters. The Morgan fingerprint density at radius 3 is 1.49 bits per heavy atom. The second-order valence-corrected chi connectivity index (χ2v) is 19.0. The van der Waals surface area contributed by atoms with Crippen LogP contribution in [0.2, 0.25) is 0 Å². The smallest absolute Gasteiger partial charge is 0.0781 e. The number of nitrogens with zero attached hydrogens (tertiary/aromatic N) is 2. The third-order valence-electron chi connectivity index (χ3n) is 14.2. The Morgan fingerprint density at radius 1 is 0.304 bits per heavy atom. The van der Waals surface area contributed by atoms with Crippen molar-refractivity contribution < 1.29 is 0 Å². The number of benzene rings is 11. The fraction of sp³-hybridized carbons (Fsp3) is 0. The maximum absolute atomic E-state index is 2.48. The lowest BCUT2D eigenvalue weighted by Crippen LogP contribution is -2.17. The van der Waals surface area contributed by atoms with Gasteiger partial charge in [-0.2, -0.15) is 0 Å². The van der Waals surface area contributed by atoms with E-state index in [0.29, 0.717) is 0 Å². The maximum Gasteiger partial charge on any atom is 0.0781 e. The van der Waals surface area contributed by atoms with Crippen molar-refractivity contribution in [1.29, 1.82) is 0 Å². The summed E-state index contributed by atoms with van der Waals surface area (Å²) in [7, 11) is 0. The highest BCUT2D eigenvalue weighted by Gasteiger charge is 2.30. The molecule has 322 valence electrons. The molecule has 13 aromatic rings. The van der Waals surface area contributed by atoms with Crippen molar-refractivity contribution in [3.05, 3.63) is 255 Å². The van der Waals surface area contributed by atoms with Gasteiger partial charge in [-0.25, -0.2) is 0 Å². The van der Waals surface area contributed by atoms with Crippen molar-refractivity contribution in [2.24, 2.45) is 0 Å². The van der Waals surface area contributed by atoms with Gasteiger partial charge < -0.3 is 9.80 Å². The Hall–Kier alpha value is -8.76. The molecule has 12 aromatic carbocycles. The van der Waals surface area contributed by atoms with Gasteiger partial charge in [-0.15, -0.1) is 11.3 Å². The monoisotopic (exact) mass is 894 g/mol. The number of rotatable bonds is 4. The van der Waals surface area contributed by atoms with Gasteiger partial charge in [0, 0.05) is 53.7 Å². The molecular weight excluding hydrogens is 853 g/mol. The average molecular weight is 895 g/mol. The zero-order chi connectivity index (χ0) is 45.4. The minimum atomic E-state index is 1.07. The highest BCUT2D eigenvalue weighted by molar-refractivity contribution is 7.26. The van der Waals surface area contributed by atoms with E-state index in [1.165, 1.54) is 96.3 Å². The van der Waals surface area contributed by atoms with Gasteiger partial charge in [-0.1, -0.05) is 200 Å². The molecule has 0 spiro atoms. The second-order valence-electron chi connectivity index (χ2n) is 17.9. The lowest BCUT2D eigenvalue weighted by Gasteiger charge is -2.34. The largest absolute Gasteiger partial charge is 0.308 e. The number of anilines is 6. The summed E-state index contributed by atoms with van der Waals surface area (Å²) in [5.41, 5.74) is 11.4. The van der Waals surface area contributed by atoms with Crippen LogP contribution in [0.5, 0.6) is 0 Å². The zero-order valence-electron chi connectivity index (χ0n) is 37.6. The Balaban J connectivity index is 1.16. The topological polar surface area (TPSA) is 6.48 Å². The standard InChI is InChI=1S/C66H42N2S/c1-3-20-43(21-4-1)67(62-36-19-34-58-51-29-11-10-27-49(51)54-31-15-17-35-61(54)68(65(58)62)44-22-5-2-6-23-44)45-38-39-53-57-40-41-59-55-32-16-18-37-63(55)69-66(59)64(57)56-33-14-13-28-50(56)47-25-8-7-24-46(47)48-26-9-12-30-52(48)60(53)42-45/h1-42H. The summed E-state index contributed by atoms with van der Waals surface area (Å²) in [4.78, 5) is 4.96. The summed E-state index contributed by atoms with van der Waals surface area (Å²) in [6.45, 7) is 0. The van der Waals surface area contributed by atoms with Gasteiger partial charge in [0.1, 0.15) is 0 Å². The first kappa shape index (κ1) is 39.4. The predicted molar refractivity (Wildman–Crippen MR) is 298 cm³/mol. The molecule has 69 heavy (non-hydrogen) atoms. The summed E-state index contributed by atoms with van der Waals surface area (Å²) in [5.74, 6) is 0. The predicted octanol–water partition coefficient (Wildman–Crippen LogP) is 19.5. The van der Waals surface area contributed by atoms with Gasteiger partial charge in [0.15, 0.2) is 0 Å². The van der Waals surface area contributed by atoms with E-state index in [9.17, 15) is 0 Å². The molecule has 14 rings (SSSR count). The number of hydrogen-bond donors (Lipinski definition) is 0. The molecule has 0 aliphatic carbocycles.